The summed E-state index contributed by atoms with van der Waals surface area (Å²) in [6.07, 6.45) is 0. The number of fused-ring (bicyclic) bond motifs is 1. The van der Waals surface area contributed by atoms with Gasteiger partial charge in [-0.05, 0) is 44.5 Å². The Morgan fingerprint density at radius 2 is 1.46 bits per heavy atom. The van der Waals surface area contributed by atoms with Crippen molar-refractivity contribution in [3.05, 3.63) is 83.4 Å². The number of aryl methyl sites for hydroxylation is 3. The molecule has 0 saturated heterocycles. The lowest BCUT2D eigenvalue weighted by atomic mass is 10.0. The maximum atomic E-state index is 4.85. The van der Waals surface area contributed by atoms with Gasteiger partial charge in [0, 0.05) is 16.6 Å². The average molecular weight is 339 g/mol. The van der Waals surface area contributed by atoms with E-state index in [9.17, 15) is 0 Å². The molecule has 26 heavy (non-hydrogen) atoms. The summed E-state index contributed by atoms with van der Waals surface area (Å²) in [7, 11) is 0. The predicted molar refractivity (Wildman–Crippen MR) is 109 cm³/mol. The van der Waals surface area contributed by atoms with E-state index in [-0.39, 0.29) is 0 Å². The minimum absolute atomic E-state index is 0.618. The fraction of sp³-hybridized carbons (Fsp3) is 0.130. The van der Waals surface area contributed by atoms with Crippen LogP contribution in [0.2, 0.25) is 0 Å². The highest BCUT2D eigenvalue weighted by Crippen LogP contribution is 2.29. The van der Waals surface area contributed by atoms with Gasteiger partial charge in [-0.25, -0.2) is 9.97 Å². The number of aromatic nitrogens is 2. The minimum atomic E-state index is 0.618. The summed E-state index contributed by atoms with van der Waals surface area (Å²) in [4.78, 5) is 9.59. The Balaban J connectivity index is 1.87. The molecule has 4 rings (SSSR count). The van der Waals surface area contributed by atoms with Crippen LogP contribution in [0.4, 0.5) is 11.6 Å². The highest BCUT2D eigenvalue weighted by Gasteiger charge is 2.11. The van der Waals surface area contributed by atoms with Gasteiger partial charge in [-0.1, -0.05) is 59.7 Å². The summed E-state index contributed by atoms with van der Waals surface area (Å²) < 4.78 is 0. The maximum Gasteiger partial charge on any atom is 0.228 e. The smallest absolute Gasteiger partial charge is 0.228 e. The Hall–Kier alpha value is -3.20. The number of hydrogen-bond acceptors (Lipinski definition) is 3. The van der Waals surface area contributed by atoms with E-state index in [0.29, 0.717) is 5.95 Å². The molecule has 3 nitrogen and oxygen atoms in total. The number of nitrogens with one attached hydrogen (secondary N) is 1. The number of anilines is 2. The Kier molecular flexibility index (Phi) is 4.13. The van der Waals surface area contributed by atoms with Crippen LogP contribution in [0.1, 0.15) is 16.7 Å². The fourth-order valence-corrected chi connectivity index (χ4v) is 3.19. The molecular formula is C23H21N3. The van der Waals surface area contributed by atoms with Crippen molar-refractivity contribution in [2.24, 2.45) is 0 Å². The van der Waals surface area contributed by atoms with Crippen LogP contribution >= 0.6 is 0 Å². The normalized spacial score (nSPS) is 10.9. The second kappa shape index (κ2) is 6.60. The van der Waals surface area contributed by atoms with Crippen LogP contribution in [-0.2, 0) is 0 Å². The van der Waals surface area contributed by atoms with Gasteiger partial charge >= 0.3 is 0 Å². The monoisotopic (exact) mass is 339 g/mol. The SMILES string of the molecule is Cc1ccc(Nc2nc(-c3ccccc3)c3cc(C)ccc3n2)c(C)c1. The molecule has 4 aromatic rings. The molecule has 0 unspecified atom stereocenters. The zero-order valence-corrected chi connectivity index (χ0v) is 15.2. The summed E-state index contributed by atoms with van der Waals surface area (Å²) in [6, 6.07) is 22.9. The molecule has 0 spiro atoms. The summed E-state index contributed by atoms with van der Waals surface area (Å²) in [5.41, 5.74) is 7.64. The van der Waals surface area contributed by atoms with Gasteiger partial charge in [-0.3, -0.25) is 0 Å². The number of rotatable bonds is 3. The van der Waals surface area contributed by atoms with Gasteiger partial charge in [0.2, 0.25) is 5.95 Å². The lowest BCUT2D eigenvalue weighted by molar-refractivity contribution is 1.20. The lowest BCUT2D eigenvalue weighted by Gasteiger charge is -2.13. The average Bonchev–Trinajstić information content (AvgIpc) is 2.64. The topological polar surface area (TPSA) is 37.8 Å². The molecule has 0 amide bonds. The van der Waals surface area contributed by atoms with Gasteiger partial charge in [0.25, 0.3) is 0 Å². The van der Waals surface area contributed by atoms with Crippen LogP contribution in [0.3, 0.4) is 0 Å². The Bertz CT molecular complexity index is 1090. The highest BCUT2D eigenvalue weighted by molar-refractivity contribution is 5.93. The summed E-state index contributed by atoms with van der Waals surface area (Å²) >= 11 is 0. The van der Waals surface area contributed by atoms with E-state index < -0.39 is 0 Å². The largest absolute Gasteiger partial charge is 0.324 e. The van der Waals surface area contributed by atoms with Gasteiger partial charge in [0.1, 0.15) is 0 Å². The first-order valence-corrected chi connectivity index (χ1v) is 8.78. The van der Waals surface area contributed by atoms with E-state index in [0.717, 1.165) is 27.8 Å². The van der Waals surface area contributed by atoms with Gasteiger partial charge in [0.05, 0.1) is 11.2 Å². The molecule has 0 fully saturated rings. The van der Waals surface area contributed by atoms with Gasteiger partial charge < -0.3 is 5.32 Å². The van der Waals surface area contributed by atoms with E-state index in [2.05, 4.69) is 74.6 Å². The summed E-state index contributed by atoms with van der Waals surface area (Å²) in [5, 5.41) is 4.47. The van der Waals surface area contributed by atoms with E-state index in [4.69, 9.17) is 9.97 Å². The quantitative estimate of drug-likeness (QED) is 0.500. The van der Waals surface area contributed by atoms with Crippen LogP contribution in [0, 0.1) is 20.8 Å². The van der Waals surface area contributed by atoms with E-state index >= 15 is 0 Å². The number of nitrogens with zero attached hydrogens (tertiary/aromatic N) is 2. The van der Waals surface area contributed by atoms with Crippen molar-refractivity contribution in [1.82, 2.24) is 9.97 Å². The van der Waals surface area contributed by atoms with Gasteiger partial charge in [-0.15, -0.1) is 0 Å². The van der Waals surface area contributed by atoms with Crippen molar-refractivity contribution in [3.63, 3.8) is 0 Å². The summed E-state index contributed by atoms with van der Waals surface area (Å²) in [5.74, 6) is 0.618. The molecule has 1 heterocycles. The van der Waals surface area contributed by atoms with Crippen molar-refractivity contribution in [1.29, 1.82) is 0 Å². The number of benzene rings is 3. The fourth-order valence-electron chi connectivity index (χ4n) is 3.19. The zero-order valence-electron chi connectivity index (χ0n) is 15.2. The molecule has 3 heteroatoms. The van der Waals surface area contributed by atoms with Crippen LogP contribution in [-0.4, -0.2) is 9.97 Å². The van der Waals surface area contributed by atoms with Crippen molar-refractivity contribution >= 4 is 22.5 Å². The molecule has 0 radical (unpaired) electrons. The molecule has 1 aromatic heterocycles. The first kappa shape index (κ1) is 16.3. The standard InChI is InChI=1S/C23H21N3/c1-15-9-11-20(17(3)13-15)24-23-25-21-12-10-16(2)14-19(21)22(26-23)18-7-5-4-6-8-18/h4-14H,1-3H3,(H,24,25,26). The maximum absolute atomic E-state index is 4.85. The molecule has 0 bridgehead atoms. The van der Waals surface area contributed by atoms with E-state index in [1.807, 2.05) is 18.2 Å². The van der Waals surface area contributed by atoms with Crippen LogP contribution in [0.25, 0.3) is 22.2 Å². The Labute approximate surface area is 153 Å². The molecule has 3 aromatic carbocycles. The molecular weight excluding hydrogens is 318 g/mol. The third-order valence-corrected chi connectivity index (χ3v) is 4.53. The highest BCUT2D eigenvalue weighted by atomic mass is 15.1. The molecule has 0 aliphatic rings. The predicted octanol–water partition coefficient (Wildman–Crippen LogP) is 5.97. The molecule has 1 N–H and O–H groups in total. The van der Waals surface area contributed by atoms with Crippen LogP contribution < -0.4 is 5.32 Å². The first-order chi connectivity index (χ1) is 12.6. The Morgan fingerprint density at radius 1 is 0.731 bits per heavy atom. The van der Waals surface area contributed by atoms with Crippen molar-refractivity contribution < 1.29 is 0 Å². The van der Waals surface area contributed by atoms with E-state index in [1.54, 1.807) is 0 Å². The van der Waals surface area contributed by atoms with Crippen LogP contribution in [0.5, 0.6) is 0 Å². The van der Waals surface area contributed by atoms with Crippen LogP contribution in [0.15, 0.2) is 66.7 Å². The zero-order chi connectivity index (χ0) is 18.1. The van der Waals surface area contributed by atoms with Crippen molar-refractivity contribution in [3.8, 4) is 11.3 Å². The third-order valence-electron chi connectivity index (χ3n) is 4.53. The molecule has 0 atom stereocenters. The molecule has 0 aliphatic carbocycles. The van der Waals surface area contributed by atoms with E-state index in [1.165, 1.54) is 16.7 Å². The van der Waals surface area contributed by atoms with Crippen molar-refractivity contribution in [2.45, 2.75) is 20.8 Å². The van der Waals surface area contributed by atoms with Gasteiger partial charge in [-0.2, -0.15) is 0 Å². The second-order valence-corrected chi connectivity index (χ2v) is 6.73. The summed E-state index contributed by atoms with van der Waals surface area (Å²) in [6.45, 7) is 6.28. The Morgan fingerprint density at radius 3 is 2.23 bits per heavy atom. The molecule has 0 aliphatic heterocycles. The second-order valence-electron chi connectivity index (χ2n) is 6.73. The number of hydrogen-bond donors (Lipinski definition) is 1. The van der Waals surface area contributed by atoms with Gasteiger partial charge in [0.15, 0.2) is 0 Å². The minimum Gasteiger partial charge on any atom is -0.324 e. The first-order valence-electron chi connectivity index (χ1n) is 8.78. The molecule has 0 saturated carbocycles. The molecule has 128 valence electrons. The lowest BCUT2D eigenvalue weighted by Crippen LogP contribution is -2.01. The third kappa shape index (κ3) is 3.16. The van der Waals surface area contributed by atoms with Crippen molar-refractivity contribution in [2.75, 3.05) is 5.32 Å².